The van der Waals surface area contributed by atoms with Crippen molar-refractivity contribution in [1.82, 2.24) is 15.2 Å². The fraction of sp³-hybridized carbons (Fsp3) is 0.294. The SMILES string of the molecule is O=C(CN1CCNCC1c1cccnc1)Nc1ccccc1F. The Labute approximate surface area is 134 Å². The molecule has 2 aromatic rings. The number of piperazine rings is 1. The highest BCUT2D eigenvalue weighted by molar-refractivity contribution is 5.92. The van der Waals surface area contributed by atoms with Crippen molar-refractivity contribution in [1.29, 1.82) is 0 Å². The molecule has 5 nitrogen and oxygen atoms in total. The van der Waals surface area contributed by atoms with Gasteiger partial charge in [0.05, 0.1) is 12.2 Å². The minimum absolute atomic E-state index is 0.0869. The zero-order valence-corrected chi connectivity index (χ0v) is 12.7. The molecule has 1 aromatic carbocycles. The molecular formula is C17H19FN4O. The van der Waals surface area contributed by atoms with Crippen molar-refractivity contribution < 1.29 is 9.18 Å². The Hall–Kier alpha value is -2.31. The summed E-state index contributed by atoms with van der Waals surface area (Å²) in [5.74, 6) is -0.643. The van der Waals surface area contributed by atoms with E-state index in [0.717, 1.165) is 25.2 Å². The number of anilines is 1. The van der Waals surface area contributed by atoms with E-state index in [0.29, 0.717) is 0 Å². The molecule has 23 heavy (non-hydrogen) atoms. The van der Waals surface area contributed by atoms with Crippen molar-refractivity contribution in [2.45, 2.75) is 6.04 Å². The second kappa shape index (κ2) is 7.30. The van der Waals surface area contributed by atoms with Crippen LogP contribution in [-0.4, -0.2) is 42.0 Å². The number of nitrogens with one attached hydrogen (secondary N) is 2. The molecule has 1 aromatic heterocycles. The number of para-hydroxylation sites is 1. The number of rotatable bonds is 4. The van der Waals surface area contributed by atoms with Gasteiger partial charge < -0.3 is 10.6 Å². The topological polar surface area (TPSA) is 57.3 Å². The van der Waals surface area contributed by atoms with Gasteiger partial charge in [0, 0.05) is 38.1 Å². The molecule has 1 aliphatic heterocycles. The lowest BCUT2D eigenvalue weighted by atomic mass is 10.1. The van der Waals surface area contributed by atoms with E-state index in [1.54, 1.807) is 24.4 Å². The number of carbonyl (C=O) groups is 1. The van der Waals surface area contributed by atoms with Crippen LogP contribution in [0.3, 0.4) is 0 Å². The first-order valence-electron chi connectivity index (χ1n) is 7.63. The third-order valence-electron chi connectivity index (χ3n) is 3.92. The van der Waals surface area contributed by atoms with E-state index in [1.807, 2.05) is 18.3 Å². The maximum Gasteiger partial charge on any atom is 0.238 e. The van der Waals surface area contributed by atoms with E-state index in [1.165, 1.54) is 6.07 Å². The molecular weight excluding hydrogens is 295 g/mol. The molecule has 0 bridgehead atoms. The van der Waals surface area contributed by atoms with Crippen molar-refractivity contribution in [3.05, 3.63) is 60.2 Å². The van der Waals surface area contributed by atoms with Crippen LogP contribution in [0.25, 0.3) is 0 Å². The van der Waals surface area contributed by atoms with Gasteiger partial charge in [-0.1, -0.05) is 18.2 Å². The fourth-order valence-electron chi connectivity index (χ4n) is 2.77. The summed E-state index contributed by atoms with van der Waals surface area (Å²) in [6.45, 7) is 2.56. The van der Waals surface area contributed by atoms with Gasteiger partial charge in [-0.25, -0.2) is 4.39 Å². The first-order chi connectivity index (χ1) is 11.2. The number of hydrogen-bond donors (Lipinski definition) is 2. The third kappa shape index (κ3) is 3.91. The minimum atomic E-state index is -0.426. The Morgan fingerprint density at radius 1 is 1.35 bits per heavy atom. The predicted octanol–water partition coefficient (Wildman–Crippen LogP) is 1.81. The normalized spacial score (nSPS) is 18.6. The van der Waals surface area contributed by atoms with Gasteiger partial charge in [0.1, 0.15) is 5.82 Å². The summed E-state index contributed by atoms with van der Waals surface area (Å²) >= 11 is 0. The molecule has 1 atom stereocenters. The molecule has 1 unspecified atom stereocenters. The van der Waals surface area contributed by atoms with Crippen molar-refractivity contribution >= 4 is 11.6 Å². The first kappa shape index (κ1) is 15.6. The summed E-state index contributed by atoms with van der Waals surface area (Å²) in [6, 6.07) is 10.2. The highest BCUT2D eigenvalue weighted by Gasteiger charge is 2.25. The minimum Gasteiger partial charge on any atom is -0.322 e. The lowest BCUT2D eigenvalue weighted by Gasteiger charge is -2.35. The van der Waals surface area contributed by atoms with Gasteiger partial charge in [0.25, 0.3) is 0 Å². The molecule has 3 rings (SSSR count). The summed E-state index contributed by atoms with van der Waals surface area (Å²) in [5, 5.41) is 5.97. The van der Waals surface area contributed by atoms with Crippen molar-refractivity contribution in [3.8, 4) is 0 Å². The van der Waals surface area contributed by atoms with Gasteiger partial charge >= 0.3 is 0 Å². The fourth-order valence-corrected chi connectivity index (χ4v) is 2.77. The van der Waals surface area contributed by atoms with Gasteiger partial charge in [0.15, 0.2) is 0 Å². The van der Waals surface area contributed by atoms with Crippen LogP contribution in [0.15, 0.2) is 48.8 Å². The van der Waals surface area contributed by atoms with Crippen LogP contribution in [0.2, 0.25) is 0 Å². The molecule has 0 spiro atoms. The van der Waals surface area contributed by atoms with E-state index < -0.39 is 5.82 Å². The molecule has 120 valence electrons. The second-order valence-electron chi connectivity index (χ2n) is 5.50. The summed E-state index contributed by atoms with van der Waals surface area (Å²) in [5.41, 5.74) is 1.28. The molecule has 6 heteroatoms. The number of hydrogen-bond acceptors (Lipinski definition) is 4. The first-order valence-corrected chi connectivity index (χ1v) is 7.63. The summed E-state index contributed by atoms with van der Waals surface area (Å²) in [4.78, 5) is 18.5. The molecule has 1 amide bonds. The number of halogens is 1. The van der Waals surface area contributed by atoms with E-state index in [2.05, 4.69) is 20.5 Å². The van der Waals surface area contributed by atoms with Crippen LogP contribution in [0.4, 0.5) is 10.1 Å². The van der Waals surface area contributed by atoms with Gasteiger partial charge in [-0.15, -0.1) is 0 Å². The van der Waals surface area contributed by atoms with Crippen molar-refractivity contribution in [3.63, 3.8) is 0 Å². The number of pyridine rings is 1. The third-order valence-corrected chi connectivity index (χ3v) is 3.92. The Balaban J connectivity index is 1.67. The average molecular weight is 314 g/mol. The van der Waals surface area contributed by atoms with E-state index >= 15 is 0 Å². The Bertz CT molecular complexity index is 665. The lowest BCUT2D eigenvalue weighted by Crippen LogP contribution is -2.48. The Kier molecular flexibility index (Phi) is 4.95. The second-order valence-corrected chi connectivity index (χ2v) is 5.50. The molecule has 1 aliphatic rings. The molecule has 2 N–H and O–H groups in total. The zero-order valence-electron chi connectivity index (χ0n) is 12.7. The van der Waals surface area contributed by atoms with Crippen LogP contribution >= 0.6 is 0 Å². The highest BCUT2D eigenvalue weighted by Crippen LogP contribution is 2.21. The standard InChI is InChI=1S/C17H19FN4O/c18-14-5-1-2-6-15(14)21-17(23)12-22-9-8-20-11-16(22)13-4-3-7-19-10-13/h1-7,10,16,20H,8-9,11-12H2,(H,21,23). The van der Waals surface area contributed by atoms with Crippen LogP contribution in [-0.2, 0) is 4.79 Å². The van der Waals surface area contributed by atoms with E-state index in [4.69, 9.17) is 0 Å². The number of amides is 1. The monoisotopic (exact) mass is 314 g/mol. The zero-order chi connectivity index (χ0) is 16.1. The van der Waals surface area contributed by atoms with Gasteiger partial charge in [0.2, 0.25) is 5.91 Å². The van der Waals surface area contributed by atoms with Gasteiger partial charge in [-0.05, 0) is 23.8 Å². The summed E-state index contributed by atoms with van der Waals surface area (Å²) < 4.78 is 13.6. The number of carbonyl (C=O) groups excluding carboxylic acids is 1. The maximum atomic E-state index is 13.6. The van der Waals surface area contributed by atoms with Crippen LogP contribution in [0.5, 0.6) is 0 Å². The summed E-state index contributed by atoms with van der Waals surface area (Å²) in [6.07, 6.45) is 3.55. The summed E-state index contributed by atoms with van der Waals surface area (Å²) in [7, 11) is 0. The number of aromatic nitrogens is 1. The molecule has 0 aliphatic carbocycles. The Morgan fingerprint density at radius 3 is 3.00 bits per heavy atom. The molecule has 2 heterocycles. The van der Waals surface area contributed by atoms with Crippen molar-refractivity contribution in [2.24, 2.45) is 0 Å². The smallest absolute Gasteiger partial charge is 0.238 e. The number of nitrogens with zero attached hydrogens (tertiary/aromatic N) is 2. The largest absolute Gasteiger partial charge is 0.322 e. The average Bonchev–Trinajstić information content (AvgIpc) is 2.58. The van der Waals surface area contributed by atoms with E-state index in [9.17, 15) is 9.18 Å². The van der Waals surface area contributed by atoms with Crippen molar-refractivity contribution in [2.75, 3.05) is 31.5 Å². The predicted molar refractivity (Wildman–Crippen MR) is 86.5 cm³/mol. The van der Waals surface area contributed by atoms with Crippen LogP contribution in [0.1, 0.15) is 11.6 Å². The quantitative estimate of drug-likeness (QED) is 0.904. The van der Waals surface area contributed by atoms with Gasteiger partial charge in [-0.2, -0.15) is 0 Å². The van der Waals surface area contributed by atoms with E-state index in [-0.39, 0.29) is 24.2 Å². The molecule has 1 saturated heterocycles. The Morgan fingerprint density at radius 2 is 2.22 bits per heavy atom. The molecule has 0 saturated carbocycles. The lowest BCUT2D eigenvalue weighted by molar-refractivity contribution is -0.118. The molecule has 1 fully saturated rings. The number of benzene rings is 1. The molecule has 0 radical (unpaired) electrons. The highest BCUT2D eigenvalue weighted by atomic mass is 19.1. The van der Waals surface area contributed by atoms with Crippen LogP contribution in [0, 0.1) is 5.82 Å². The van der Waals surface area contributed by atoms with Gasteiger partial charge in [-0.3, -0.25) is 14.7 Å². The van der Waals surface area contributed by atoms with Crippen LogP contribution < -0.4 is 10.6 Å². The maximum absolute atomic E-state index is 13.6.